The molecule has 0 aliphatic heterocycles. The first kappa shape index (κ1) is 21.8. The van der Waals surface area contributed by atoms with Gasteiger partial charge in [0, 0.05) is 25.0 Å². The highest BCUT2D eigenvalue weighted by molar-refractivity contribution is 4.78. The van der Waals surface area contributed by atoms with E-state index in [0.29, 0.717) is 19.3 Å². The minimum atomic E-state index is -0.850. The Morgan fingerprint density at radius 2 is 1.23 bits per heavy atom. The molecule has 0 saturated carbocycles. The molecule has 0 aliphatic carbocycles. The van der Waals surface area contributed by atoms with Crippen LogP contribution < -0.4 is 0 Å². The van der Waals surface area contributed by atoms with Crippen LogP contribution in [-0.2, 0) is 0 Å². The predicted molar refractivity (Wildman–Crippen MR) is 84.2 cm³/mol. The average Bonchev–Trinajstić information content (AvgIpc) is 2.50. The molecule has 6 heteroatoms. The van der Waals surface area contributed by atoms with Crippen LogP contribution in [0.1, 0.15) is 46.5 Å². The molecule has 0 rings (SSSR count). The van der Waals surface area contributed by atoms with E-state index in [9.17, 15) is 20.4 Å². The van der Waals surface area contributed by atoms with E-state index in [0.717, 1.165) is 0 Å². The van der Waals surface area contributed by atoms with Crippen LogP contribution >= 0.6 is 0 Å². The average molecular weight is 322 g/mol. The van der Waals surface area contributed by atoms with Gasteiger partial charge in [-0.3, -0.25) is 0 Å². The van der Waals surface area contributed by atoms with Gasteiger partial charge < -0.3 is 30.6 Å². The van der Waals surface area contributed by atoms with E-state index in [4.69, 9.17) is 10.2 Å². The van der Waals surface area contributed by atoms with E-state index in [-0.39, 0.29) is 31.5 Å². The summed E-state index contributed by atoms with van der Waals surface area (Å²) in [5.41, 5.74) is 0. The Kier molecular flexibility index (Phi) is 11.2. The predicted octanol–water partition coefficient (Wildman–Crippen LogP) is -0.117. The van der Waals surface area contributed by atoms with Crippen molar-refractivity contribution in [3.05, 3.63) is 0 Å². The SMILES string of the molecule is CC(CCC(O)C(C)C(O)CC(O)C(C)CO)C(O)CCO. The summed E-state index contributed by atoms with van der Waals surface area (Å²) in [6, 6.07) is 0. The third-order valence-electron chi connectivity index (χ3n) is 4.64. The fourth-order valence-electron chi connectivity index (χ4n) is 2.38. The van der Waals surface area contributed by atoms with Crippen LogP contribution in [0.25, 0.3) is 0 Å². The maximum atomic E-state index is 10.1. The first-order valence-electron chi connectivity index (χ1n) is 8.18. The van der Waals surface area contributed by atoms with Gasteiger partial charge in [-0.2, -0.15) is 0 Å². The minimum Gasteiger partial charge on any atom is -0.396 e. The van der Waals surface area contributed by atoms with Crippen LogP contribution in [0.5, 0.6) is 0 Å². The number of aliphatic hydroxyl groups is 6. The summed E-state index contributed by atoms with van der Waals surface area (Å²) >= 11 is 0. The van der Waals surface area contributed by atoms with Gasteiger partial charge in [-0.1, -0.05) is 20.8 Å². The Bertz CT molecular complexity index is 275. The minimum absolute atomic E-state index is 0.0360. The van der Waals surface area contributed by atoms with Crippen molar-refractivity contribution in [1.82, 2.24) is 0 Å². The lowest BCUT2D eigenvalue weighted by atomic mass is 9.86. The van der Waals surface area contributed by atoms with Gasteiger partial charge in [-0.05, 0) is 31.6 Å². The lowest BCUT2D eigenvalue weighted by Crippen LogP contribution is -2.35. The molecule has 6 N–H and O–H groups in total. The van der Waals surface area contributed by atoms with E-state index in [1.807, 2.05) is 6.92 Å². The van der Waals surface area contributed by atoms with Crippen molar-refractivity contribution < 1.29 is 30.6 Å². The van der Waals surface area contributed by atoms with E-state index in [1.165, 1.54) is 0 Å². The maximum absolute atomic E-state index is 10.1. The van der Waals surface area contributed by atoms with Gasteiger partial charge in [-0.15, -0.1) is 0 Å². The van der Waals surface area contributed by atoms with Gasteiger partial charge in [0.2, 0.25) is 0 Å². The fourth-order valence-corrected chi connectivity index (χ4v) is 2.38. The molecule has 0 fully saturated rings. The summed E-state index contributed by atoms with van der Waals surface area (Å²) in [4.78, 5) is 0. The van der Waals surface area contributed by atoms with Gasteiger partial charge in [0.05, 0.1) is 24.4 Å². The van der Waals surface area contributed by atoms with Gasteiger partial charge in [-0.25, -0.2) is 0 Å². The molecule has 0 heterocycles. The number of aliphatic hydroxyl groups excluding tert-OH is 6. The Morgan fingerprint density at radius 1 is 0.636 bits per heavy atom. The van der Waals surface area contributed by atoms with Crippen molar-refractivity contribution in [2.75, 3.05) is 13.2 Å². The van der Waals surface area contributed by atoms with Crippen LogP contribution in [0.2, 0.25) is 0 Å². The molecule has 6 nitrogen and oxygen atoms in total. The first-order chi connectivity index (χ1) is 10.2. The van der Waals surface area contributed by atoms with E-state index in [2.05, 4.69) is 0 Å². The molecule has 0 bridgehead atoms. The second kappa shape index (κ2) is 11.3. The molecule has 0 saturated heterocycles. The topological polar surface area (TPSA) is 121 Å². The summed E-state index contributed by atoms with van der Waals surface area (Å²) in [6.45, 7) is 5.07. The molecule has 0 aromatic carbocycles. The Labute approximate surface area is 133 Å². The Morgan fingerprint density at radius 3 is 1.73 bits per heavy atom. The van der Waals surface area contributed by atoms with E-state index >= 15 is 0 Å². The van der Waals surface area contributed by atoms with Gasteiger partial charge in [0.15, 0.2) is 0 Å². The van der Waals surface area contributed by atoms with Gasteiger partial charge >= 0.3 is 0 Å². The first-order valence-corrected chi connectivity index (χ1v) is 8.18. The molecular weight excluding hydrogens is 288 g/mol. The highest BCUT2D eigenvalue weighted by atomic mass is 16.3. The third-order valence-corrected chi connectivity index (χ3v) is 4.64. The van der Waals surface area contributed by atoms with Crippen LogP contribution in [0.3, 0.4) is 0 Å². The summed E-state index contributed by atoms with van der Waals surface area (Å²) < 4.78 is 0. The molecule has 0 aromatic heterocycles. The van der Waals surface area contributed by atoms with Crippen LogP contribution in [0, 0.1) is 17.8 Å². The second-order valence-corrected chi connectivity index (χ2v) is 6.59. The van der Waals surface area contributed by atoms with E-state index < -0.39 is 30.3 Å². The molecule has 0 aliphatic rings. The highest BCUT2D eigenvalue weighted by Gasteiger charge is 2.27. The van der Waals surface area contributed by atoms with Crippen molar-refractivity contribution in [3.8, 4) is 0 Å². The number of hydrogen-bond acceptors (Lipinski definition) is 6. The Hall–Kier alpha value is -0.240. The molecule has 7 atom stereocenters. The zero-order chi connectivity index (χ0) is 17.3. The largest absolute Gasteiger partial charge is 0.396 e. The van der Waals surface area contributed by atoms with Crippen LogP contribution in [0.15, 0.2) is 0 Å². The van der Waals surface area contributed by atoms with Crippen molar-refractivity contribution in [1.29, 1.82) is 0 Å². The van der Waals surface area contributed by atoms with Crippen molar-refractivity contribution in [3.63, 3.8) is 0 Å². The molecule has 0 spiro atoms. The molecule has 0 aromatic rings. The number of hydrogen-bond donors (Lipinski definition) is 6. The molecule has 22 heavy (non-hydrogen) atoms. The highest BCUT2D eigenvalue weighted by Crippen LogP contribution is 2.22. The lowest BCUT2D eigenvalue weighted by Gasteiger charge is -2.28. The summed E-state index contributed by atoms with van der Waals surface area (Å²) in [5, 5.41) is 57.5. The molecule has 7 unspecified atom stereocenters. The molecule has 0 radical (unpaired) electrons. The van der Waals surface area contributed by atoms with Crippen molar-refractivity contribution in [2.45, 2.75) is 70.9 Å². The monoisotopic (exact) mass is 322 g/mol. The van der Waals surface area contributed by atoms with Gasteiger partial charge in [0.25, 0.3) is 0 Å². The van der Waals surface area contributed by atoms with E-state index in [1.54, 1.807) is 13.8 Å². The molecule has 134 valence electrons. The smallest absolute Gasteiger partial charge is 0.0615 e. The summed E-state index contributed by atoms with van der Waals surface area (Å²) in [5.74, 6) is -0.749. The van der Waals surface area contributed by atoms with Gasteiger partial charge in [0.1, 0.15) is 0 Å². The third kappa shape index (κ3) is 7.85. The standard InChI is InChI=1S/C16H34O6/c1-10(13(19)6-7-17)4-5-14(20)12(3)16(22)8-15(21)11(2)9-18/h10-22H,4-9H2,1-3H3. The van der Waals surface area contributed by atoms with Crippen LogP contribution in [-0.4, -0.2) is 68.3 Å². The van der Waals surface area contributed by atoms with Crippen molar-refractivity contribution in [2.24, 2.45) is 17.8 Å². The van der Waals surface area contributed by atoms with Crippen molar-refractivity contribution >= 4 is 0 Å². The maximum Gasteiger partial charge on any atom is 0.0615 e. The second-order valence-electron chi connectivity index (χ2n) is 6.59. The normalized spacial score (nSPS) is 21.7. The Balaban J connectivity index is 4.21. The fraction of sp³-hybridized carbons (Fsp3) is 1.00. The molecule has 0 amide bonds. The molecular formula is C16H34O6. The summed E-state index contributed by atoms with van der Waals surface area (Å²) in [6.07, 6.45) is -1.51. The quantitative estimate of drug-likeness (QED) is 0.298. The summed E-state index contributed by atoms with van der Waals surface area (Å²) in [7, 11) is 0. The zero-order valence-electron chi connectivity index (χ0n) is 14.0. The zero-order valence-corrected chi connectivity index (χ0v) is 14.0. The number of rotatable bonds is 12. The van der Waals surface area contributed by atoms with Crippen LogP contribution in [0.4, 0.5) is 0 Å². The lowest BCUT2D eigenvalue weighted by molar-refractivity contribution is -0.0278.